The number of aliphatic hydroxyl groups excluding tert-OH is 1. The third-order valence-electron chi connectivity index (χ3n) is 6.96. The molecule has 5 nitrogen and oxygen atoms in total. The second kappa shape index (κ2) is 8.75. The first-order valence-electron chi connectivity index (χ1n) is 10.4. The predicted molar refractivity (Wildman–Crippen MR) is 114 cm³/mol. The average molecular weight is 407 g/mol. The van der Waals surface area contributed by atoms with E-state index in [0.717, 1.165) is 12.0 Å². The van der Waals surface area contributed by atoms with Gasteiger partial charge in [0.25, 0.3) is 0 Å². The van der Waals surface area contributed by atoms with Gasteiger partial charge in [-0.3, -0.25) is 4.79 Å². The van der Waals surface area contributed by atoms with Crippen molar-refractivity contribution in [3.8, 4) is 0 Å². The summed E-state index contributed by atoms with van der Waals surface area (Å²) >= 11 is 0. The maximum atomic E-state index is 13.4. The van der Waals surface area contributed by atoms with Crippen LogP contribution in [0.1, 0.15) is 60.3 Å². The van der Waals surface area contributed by atoms with E-state index in [1.165, 1.54) is 5.57 Å². The van der Waals surface area contributed by atoms with Crippen molar-refractivity contribution in [3.05, 3.63) is 35.1 Å². The number of allylic oxidation sites excluding steroid dienone is 5. The number of carbonyl (C=O) groups excluding carboxylic acids is 1. The number of ketones is 1. The minimum Gasteiger partial charge on any atom is -0.500 e. The second-order valence-electron chi connectivity index (χ2n) is 9.24. The summed E-state index contributed by atoms with van der Waals surface area (Å²) in [6.45, 7) is 10.2. The van der Waals surface area contributed by atoms with Crippen molar-refractivity contribution < 1.29 is 24.1 Å². The normalized spacial score (nSPS) is 33.0. The fourth-order valence-electron chi connectivity index (χ4n) is 5.39. The van der Waals surface area contributed by atoms with Gasteiger partial charge in [0.1, 0.15) is 5.76 Å². The Morgan fingerprint density at radius 3 is 2.21 bits per heavy atom. The van der Waals surface area contributed by atoms with Crippen molar-refractivity contribution in [3.63, 3.8) is 0 Å². The Kier molecular flexibility index (Phi) is 7.19. The summed E-state index contributed by atoms with van der Waals surface area (Å²) in [5, 5.41) is 11.4. The van der Waals surface area contributed by atoms with Crippen LogP contribution in [-0.2, 0) is 19.0 Å². The molecule has 5 heteroatoms. The molecule has 2 aliphatic carbocycles. The maximum absolute atomic E-state index is 13.4. The monoisotopic (exact) mass is 406 g/mol. The molecule has 2 rings (SSSR count). The van der Waals surface area contributed by atoms with Gasteiger partial charge in [-0.2, -0.15) is 0 Å². The highest BCUT2D eigenvalue weighted by molar-refractivity contribution is 5.95. The number of rotatable bonds is 8. The Labute approximate surface area is 175 Å². The van der Waals surface area contributed by atoms with Crippen molar-refractivity contribution in [2.75, 3.05) is 21.3 Å². The smallest absolute Gasteiger partial charge is 0.191 e. The van der Waals surface area contributed by atoms with Gasteiger partial charge in [0.15, 0.2) is 11.6 Å². The van der Waals surface area contributed by atoms with Gasteiger partial charge >= 0.3 is 0 Å². The molecule has 0 spiro atoms. The lowest BCUT2D eigenvalue weighted by Gasteiger charge is -2.63. The molecular formula is C24H38O5. The van der Waals surface area contributed by atoms with Crippen LogP contribution >= 0.6 is 0 Å². The zero-order chi connectivity index (χ0) is 22.0. The lowest BCUT2D eigenvalue weighted by atomic mass is 9.47. The predicted octanol–water partition coefficient (Wildman–Crippen LogP) is 4.56. The van der Waals surface area contributed by atoms with E-state index >= 15 is 0 Å². The van der Waals surface area contributed by atoms with Crippen LogP contribution in [0.2, 0.25) is 0 Å². The van der Waals surface area contributed by atoms with Crippen molar-refractivity contribution in [1.82, 2.24) is 0 Å². The van der Waals surface area contributed by atoms with E-state index in [9.17, 15) is 9.90 Å². The molecule has 0 heterocycles. The molecule has 0 aromatic rings. The fraction of sp³-hybridized carbons (Fsp3) is 0.708. The highest BCUT2D eigenvalue weighted by Gasteiger charge is 2.73. The zero-order valence-electron chi connectivity index (χ0n) is 19.3. The summed E-state index contributed by atoms with van der Waals surface area (Å²) in [4.78, 5) is 13.4. The van der Waals surface area contributed by atoms with E-state index in [2.05, 4.69) is 26.0 Å². The summed E-state index contributed by atoms with van der Waals surface area (Å²) < 4.78 is 17.9. The lowest BCUT2D eigenvalue weighted by Crippen LogP contribution is -2.71. The first kappa shape index (κ1) is 23.8. The number of ether oxygens (including phenoxy) is 3. The van der Waals surface area contributed by atoms with Gasteiger partial charge in [0, 0.05) is 25.7 Å². The summed E-state index contributed by atoms with van der Waals surface area (Å²) in [7, 11) is 4.75. The first-order chi connectivity index (χ1) is 13.5. The molecule has 0 aromatic carbocycles. The molecule has 1 fully saturated rings. The molecule has 0 unspecified atom stereocenters. The van der Waals surface area contributed by atoms with Crippen LogP contribution < -0.4 is 0 Å². The standard InChI is InChI=1S/C24H38O5/c1-16(2)10-9-12-22(5)19(26)15-23(13-11-17(3)4)20(27-6)14-18(25)21(22)24(23,28-7)29-8/h10-11,14,19,21,26H,9,12-13,15H2,1-8H3/t19-,21+,22+,23+/m0/s1. The van der Waals surface area contributed by atoms with Crippen molar-refractivity contribution in [2.24, 2.45) is 16.7 Å². The van der Waals surface area contributed by atoms with Gasteiger partial charge in [-0.25, -0.2) is 0 Å². The molecule has 0 aliphatic heterocycles. The Morgan fingerprint density at radius 2 is 1.72 bits per heavy atom. The Morgan fingerprint density at radius 1 is 1.14 bits per heavy atom. The molecule has 1 N–H and O–H groups in total. The van der Waals surface area contributed by atoms with Crippen LogP contribution in [0.5, 0.6) is 0 Å². The maximum Gasteiger partial charge on any atom is 0.191 e. The quantitative estimate of drug-likeness (QED) is 0.473. The summed E-state index contributed by atoms with van der Waals surface area (Å²) in [6.07, 6.45) is 7.56. The molecule has 2 bridgehead atoms. The van der Waals surface area contributed by atoms with E-state index in [1.807, 2.05) is 20.8 Å². The van der Waals surface area contributed by atoms with E-state index in [1.54, 1.807) is 27.4 Å². The highest BCUT2D eigenvalue weighted by atomic mass is 16.7. The molecular weight excluding hydrogens is 368 g/mol. The van der Waals surface area contributed by atoms with E-state index in [-0.39, 0.29) is 5.78 Å². The number of fused-ring (bicyclic) bond motifs is 2. The zero-order valence-corrected chi connectivity index (χ0v) is 19.3. The van der Waals surface area contributed by atoms with Gasteiger partial charge in [0.05, 0.1) is 24.5 Å². The number of methoxy groups -OCH3 is 3. The van der Waals surface area contributed by atoms with Crippen LogP contribution in [-0.4, -0.2) is 44.1 Å². The minimum atomic E-state index is -1.21. The number of hydrogen-bond donors (Lipinski definition) is 1. The molecule has 0 amide bonds. The van der Waals surface area contributed by atoms with Crippen LogP contribution in [0, 0.1) is 16.7 Å². The molecule has 0 radical (unpaired) electrons. The molecule has 0 aromatic heterocycles. The topological polar surface area (TPSA) is 65.0 Å². The van der Waals surface area contributed by atoms with Crippen LogP contribution in [0.4, 0.5) is 0 Å². The van der Waals surface area contributed by atoms with Crippen molar-refractivity contribution >= 4 is 5.78 Å². The summed E-state index contributed by atoms with van der Waals surface area (Å²) in [6, 6.07) is 0. The van der Waals surface area contributed by atoms with Gasteiger partial charge in [0.2, 0.25) is 0 Å². The van der Waals surface area contributed by atoms with Gasteiger partial charge in [-0.15, -0.1) is 0 Å². The van der Waals surface area contributed by atoms with E-state index in [4.69, 9.17) is 14.2 Å². The second-order valence-corrected chi connectivity index (χ2v) is 9.24. The van der Waals surface area contributed by atoms with E-state index < -0.39 is 28.6 Å². The van der Waals surface area contributed by atoms with E-state index in [0.29, 0.717) is 25.0 Å². The molecule has 4 atom stereocenters. The molecule has 0 saturated heterocycles. The molecule has 164 valence electrons. The van der Waals surface area contributed by atoms with Crippen molar-refractivity contribution in [2.45, 2.75) is 72.2 Å². The SMILES string of the molecule is COC1=CC(=O)[C@H]2C(OC)(OC)[C@]1(CC=C(C)C)C[C@H](O)[C@@]2(C)CCC=C(C)C. The molecule has 1 saturated carbocycles. The number of aliphatic hydroxyl groups is 1. The Bertz CT molecular complexity index is 707. The first-order valence-corrected chi connectivity index (χ1v) is 10.4. The highest BCUT2D eigenvalue weighted by Crippen LogP contribution is 2.65. The van der Waals surface area contributed by atoms with Gasteiger partial charge in [-0.05, 0) is 53.4 Å². The summed E-state index contributed by atoms with van der Waals surface area (Å²) in [5.74, 6) is -1.44. The molecule has 29 heavy (non-hydrogen) atoms. The average Bonchev–Trinajstić information content (AvgIpc) is 2.65. The van der Waals surface area contributed by atoms with Crippen LogP contribution in [0.15, 0.2) is 35.1 Å². The number of carbonyl (C=O) groups is 1. The third-order valence-corrected chi connectivity index (χ3v) is 6.96. The van der Waals surface area contributed by atoms with Gasteiger partial charge < -0.3 is 19.3 Å². The minimum absolute atomic E-state index is 0.114. The molecule has 2 aliphatic rings. The van der Waals surface area contributed by atoms with Gasteiger partial charge in [-0.1, -0.05) is 30.2 Å². The summed E-state index contributed by atoms with van der Waals surface area (Å²) in [5.41, 5.74) is 0.907. The Balaban J connectivity index is 2.71. The Hall–Kier alpha value is -1.43. The van der Waals surface area contributed by atoms with Crippen LogP contribution in [0.25, 0.3) is 0 Å². The largest absolute Gasteiger partial charge is 0.500 e. The number of hydrogen-bond acceptors (Lipinski definition) is 5. The lowest BCUT2D eigenvalue weighted by molar-refractivity contribution is -0.346. The van der Waals surface area contributed by atoms with Crippen molar-refractivity contribution in [1.29, 1.82) is 0 Å². The fourth-order valence-corrected chi connectivity index (χ4v) is 5.39. The third kappa shape index (κ3) is 3.73. The van der Waals surface area contributed by atoms with Crippen LogP contribution in [0.3, 0.4) is 0 Å².